The molecule has 1 aromatic heterocycles. The maximum absolute atomic E-state index is 6.21. The molecule has 1 unspecified atom stereocenters. The Kier molecular flexibility index (Phi) is 4.56. The van der Waals surface area contributed by atoms with Crippen LogP contribution in [0.1, 0.15) is 35.3 Å². The normalized spacial score (nSPS) is 12.7. The maximum Gasteiger partial charge on any atom is 0.119 e. The molecule has 1 atom stereocenters. The van der Waals surface area contributed by atoms with Crippen molar-refractivity contribution in [1.82, 2.24) is 4.98 Å². The number of thiazole rings is 1. The van der Waals surface area contributed by atoms with Gasteiger partial charge in [0.15, 0.2) is 0 Å². The molecule has 0 aliphatic rings. The zero-order chi connectivity index (χ0) is 13.8. The molecule has 0 spiro atoms. The highest BCUT2D eigenvalue weighted by Gasteiger charge is 2.10. The van der Waals surface area contributed by atoms with Crippen molar-refractivity contribution in [3.05, 3.63) is 45.9 Å². The molecule has 0 saturated heterocycles. The third kappa shape index (κ3) is 4.04. The predicted molar refractivity (Wildman–Crippen MR) is 79.7 cm³/mol. The number of hydrogen-bond donors (Lipinski definition) is 1. The van der Waals surface area contributed by atoms with Gasteiger partial charge in [-0.15, -0.1) is 11.3 Å². The third-order valence-electron chi connectivity index (χ3n) is 2.74. The van der Waals surface area contributed by atoms with Crippen LogP contribution >= 0.6 is 11.3 Å². The highest BCUT2D eigenvalue weighted by molar-refractivity contribution is 7.11. The lowest BCUT2D eigenvalue weighted by Gasteiger charge is -2.13. The quantitative estimate of drug-likeness (QED) is 0.909. The average molecular weight is 276 g/mol. The van der Waals surface area contributed by atoms with Crippen LogP contribution in [-0.2, 0) is 6.42 Å². The lowest BCUT2D eigenvalue weighted by molar-refractivity contribution is 0.242. The summed E-state index contributed by atoms with van der Waals surface area (Å²) in [5.41, 5.74) is 7.33. The first-order chi connectivity index (χ1) is 9.04. The molecule has 0 aliphatic carbocycles. The zero-order valence-corrected chi connectivity index (χ0v) is 12.4. The number of aromatic nitrogens is 1. The summed E-state index contributed by atoms with van der Waals surface area (Å²) in [6.07, 6.45) is 2.87. The van der Waals surface area contributed by atoms with Gasteiger partial charge in [-0.2, -0.15) is 0 Å². The maximum atomic E-state index is 6.21. The summed E-state index contributed by atoms with van der Waals surface area (Å²) in [5, 5.41) is 1.09. The lowest BCUT2D eigenvalue weighted by Crippen LogP contribution is -2.13. The van der Waals surface area contributed by atoms with E-state index >= 15 is 0 Å². The summed E-state index contributed by atoms with van der Waals surface area (Å²) in [7, 11) is 0. The summed E-state index contributed by atoms with van der Waals surface area (Å²) in [5.74, 6) is 0.885. The molecule has 2 rings (SSSR count). The van der Waals surface area contributed by atoms with Crippen LogP contribution in [0.2, 0.25) is 0 Å². The van der Waals surface area contributed by atoms with Crippen molar-refractivity contribution in [2.24, 2.45) is 5.73 Å². The molecule has 4 heteroatoms. The number of nitrogens with zero attached hydrogens (tertiary/aromatic N) is 1. The van der Waals surface area contributed by atoms with Crippen LogP contribution in [0.3, 0.4) is 0 Å². The fourth-order valence-electron chi connectivity index (χ4n) is 1.87. The Morgan fingerprint density at radius 3 is 2.47 bits per heavy atom. The molecule has 0 amide bonds. The fourth-order valence-corrected chi connectivity index (χ4v) is 2.71. The second-order valence-electron chi connectivity index (χ2n) is 4.91. The van der Waals surface area contributed by atoms with Crippen molar-refractivity contribution >= 4 is 11.3 Å². The Morgan fingerprint density at radius 1 is 1.26 bits per heavy atom. The van der Waals surface area contributed by atoms with Crippen LogP contribution in [0.15, 0.2) is 30.5 Å². The summed E-state index contributed by atoms with van der Waals surface area (Å²) in [6.45, 7) is 6.10. The summed E-state index contributed by atoms with van der Waals surface area (Å²) < 4.78 is 5.62. The van der Waals surface area contributed by atoms with Crippen LogP contribution in [-0.4, -0.2) is 11.1 Å². The van der Waals surface area contributed by atoms with Crippen LogP contribution in [0.25, 0.3) is 0 Å². The van der Waals surface area contributed by atoms with Gasteiger partial charge >= 0.3 is 0 Å². The Morgan fingerprint density at radius 2 is 1.95 bits per heavy atom. The van der Waals surface area contributed by atoms with E-state index in [0.717, 1.165) is 22.7 Å². The Bertz CT molecular complexity index is 519. The van der Waals surface area contributed by atoms with E-state index in [1.165, 1.54) is 4.88 Å². The third-order valence-corrected chi connectivity index (χ3v) is 3.68. The molecule has 0 fully saturated rings. The predicted octanol–water partition coefficient (Wildman–Crippen LogP) is 3.48. The number of nitrogens with two attached hydrogens (primary N) is 1. The van der Waals surface area contributed by atoms with E-state index in [1.54, 1.807) is 11.3 Å². The van der Waals surface area contributed by atoms with Gasteiger partial charge in [0.05, 0.1) is 11.1 Å². The molecule has 3 nitrogen and oxygen atoms in total. The van der Waals surface area contributed by atoms with Crippen LogP contribution < -0.4 is 10.5 Å². The van der Waals surface area contributed by atoms with E-state index in [0.29, 0.717) is 0 Å². The van der Waals surface area contributed by atoms with E-state index in [-0.39, 0.29) is 12.1 Å². The molecule has 1 heterocycles. The van der Waals surface area contributed by atoms with E-state index in [9.17, 15) is 0 Å². The molecule has 0 radical (unpaired) electrons. The number of ether oxygens (including phenoxy) is 1. The smallest absolute Gasteiger partial charge is 0.119 e. The molecule has 0 aliphatic heterocycles. The highest BCUT2D eigenvalue weighted by Crippen LogP contribution is 2.22. The zero-order valence-electron chi connectivity index (χ0n) is 11.6. The SMILES string of the molecule is Cc1cnc(CC(N)c2ccc(OC(C)C)cc2)s1. The van der Waals surface area contributed by atoms with Crippen molar-refractivity contribution in [3.8, 4) is 5.75 Å². The average Bonchev–Trinajstić information content (AvgIpc) is 2.75. The number of rotatable bonds is 5. The van der Waals surface area contributed by atoms with E-state index in [1.807, 2.05) is 44.3 Å². The second-order valence-corrected chi connectivity index (χ2v) is 6.23. The van der Waals surface area contributed by atoms with Gasteiger partial charge in [0, 0.05) is 23.5 Å². The molecule has 1 aromatic carbocycles. The lowest BCUT2D eigenvalue weighted by atomic mass is 10.1. The van der Waals surface area contributed by atoms with Crippen LogP contribution in [0, 0.1) is 6.92 Å². The van der Waals surface area contributed by atoms with Gasteiger partial charge in [-0.1, -0.05) is 12.1 Å². The molecular weight excluding hydrogens is 256 g/mol. The monoisotopic (exact) mass is 276 g/mol. The van der Waals surface area contributed by atoms with Crippen LogP contribution in [0.4, 0.5) is 0 Å². The molecule has 0 saturated carbocycles. The van der Waals surface area contributed by atoms with E-state index in [2.05, 4.69) is 11.9 Å². The molecule has 102 valence electrons. The van der Waals surface area contributed by atoms with Gasteiger partial charge in [0.25, 0.3) is 0 Å². The van der Waals surface area contributed by atoms with Gasteiger partial charge in [0.2, 0.25) is 0 Å². The first-order valence-corrected chi connectivity index (χ1v) is 7.29. The van der Waals surface area contributed by atoms with Gasteiger partial charge < -0.3 is 10.5 Å². The molecular formula is C15H20N2OS. The Hall–Kier alpha value is -1.39. The van der Waals surface area contributed by atoms with Gasteiger partial charge in [-0.3, -0.25) is 0 Å². The minimum absolute atomic E-state index is 0.0151. The minimum atomic E-state index is -0.0151. The Balaban J connectivity index is 2.01. The minimum Gasteiger partial charge on any atom is -0.491 e. The van der Waals surface area contributed by atoms with E-state index < -0.39 is 0 Å². The van der Waals surface area contributed by atoms with Crippen molar-refractivity contribution in [1.29, 1.82) is 0 Å². The molecule has 2 N–H and O–H groups in total. The largest absolute Gasteiger partial charge is 0.491 e. The number of benzene rings is 1. The van der Waals surface area contributed by atoms with E-state index in [4.69, 9.17) is 10.5 Å². The summed E-state index contributed by atoms with van der Waals surface area (Å²) in [6, 6.07) is 8.00. The summed E-state index contributed by atoms with van der Waals surface area (Å²) in [4.78, 5) is 5.58. The standard InChI is InChI=1S/C15H20N2OS/c1-10(2)18-13-6-4-12(5-7-13)14(16)8-15-17-9-11(3)19-15/h4-7,9-10,14H,8,16H2,1-3H3. The topological polar surface area (TPSA) is 48.1 Å². The van der Waals surface area contributed by atoms with Crippen molar-refractivity contribution in [3.63, 3.8) is 0 Å². The van der Waals surface area contributed by atoms with Crippen molar-refractivity contribution in [2.75, 3.05) is 0 Å². The molecule has 2 aromatic rings. The van der Waals surface area contributed by atoms with Gasteiger partial charge in [0.1, 0.15) is 5.75 Å². The van der Waals surface area contributed by atoms with Crippen LogP contribution in [0.5, 0.6) is 5.75 Å². The molecule has 0 bridgehead atoms. The van der Waals surface area contributed by atoms with Gasteiger partial charge in [-0.05, 0) is 38.5 Å². The second kappa shape index (κ2) is 6.17. The summed E-state index contributed by atoms with van der Waals surface area (Å²) >= 11 is 1.71. The highest BCUT2D eigenvalue weighted by atomic mass is 32.1. The fraction of sp³-hybridized carbons (Fsp3) is 0.400. The van der Waals surface area contributed by atoms with Crippen molar-refractivity contribution < 1.29 is 4.74 Å². The molecule has 19 heavy (non-hydrogen) atoms. The first-order valence-electron chi connectivity index (χ1n) is 6.48. The van der Waals surface area contributed by atoms with Crippen molar-refractivity contribution in [2.45, 2.75) is 39.3 Å². The Labute approximate surface area is 118 Å². The van der Waals surface area contributed by atoms with Gasteiger partial charge in [-0.25, -0.2) is 4.98 Å². The first kappa shape index (κ1) is 14.0. The number of hydrogen-bond acceptors (Lipinski definition) is 4. The number of aryl methyl sites for hydroxylation is 1.